The molecular formula is C30H31N3O5. The molecule has 0 spiro atoms. The van der Waals surface area contributed by atoms with Crippen LogP contribution in [0.25, 0.3) is 22.3 Å². The lowest BCUT2D eigenvalue weighted by Gasteiger charge is -2.29. The maximum atomic E-state index is 13.0. The van der Waals surface area contributed by atoms with E-state index >= 15 is 0 Å². The Balaban J connectivity index is 1.23. The molecule has 0 saturated heterocycles. The molecule has 1 aliphatic carbocycles. The predicted octanol–water partition coefficient (Wildman–Crippen LogP) is 5.05. The summed E-state index contributed by atoms with van der Waals surface area (Å²) in [5.74, 6) is 0.148. The second-order valence-corrected chi connectivity index (χ2v) is 9.66. The highest BCUT2D eigenvalue weighted by Crippen LogP contribution is 2.28. The van der Waals surface area contributed by atoms with E-state index in [0.29, 0.717) is 17.9 Å². The Morgan fingerprint density at radius 3 is 2.47 bits per heavy atom. The van der Waals surface area contributed by atoms with E-state index in [4.69, 9.17) is 8.83 Å². The molecule has 0 aliphatic heterocycles. The topological polar surface area (TPSA) is 114 Å². The lowest BCUT2D eigenvalue weighted by Crippen LogP contribution is -2.50. The Bertz CT molecular complexity index is 1410. The van der Waals surface area contributed by atoms with Gasteiger partial charge in [0, 0.05) is 24.5 Å². The van der Waals surface area contributed by atoms with Crippen molar-refractivity contribution in [3.05, 3.63) is 83.8 Å². The largest absolute Gasteiger partial charge is 0.451 e. The van der Waals surface area contributed by atoms with Crippen molar-refractivity contribution in [1.29, 1.82) is 0 Å². The number of benzene rings is 2. The van der Waals surface area contributed by atoms with Crippen LogP contribution in [-0.4, -0.2) is 30.8 Å². The van der Waals surface area contributed by atoms with Gasteiger partial charge in [-0.3, -0.25) is 14.4 Å². The summed E-state index contributed by atoms with van der Waals surface area (Å²) in [5.41, 5.74) is 2.30. The van der Waals surface area contributed by atoms with Crippen molar-refractivity contribution in [1.82, 2.24) is 16.0 Å². The van der Waals surface area contributed by atoms with Crippen molar-refractivity contribution in [2.75, 3.05) is 7.05 Å². The Morgan fingerprint density at radius 2 is 1.68 bits per heavy atom. The SMILES string of the molecule is CNC(=O)C(NC(=O)c1ccc(-c2cccc(CNC(=O)c3cc4ccccc4o3)c2)o1)C1CCCCC1. The van der Waals surface area contributed by atoms with Crippen molar-refractivity contribution in [3.8, 4) is 11.3 Å². The molecule has 2 aromatic heterocycles. The molecule has 1 fully saturated rings. The van der Waals surface area contributed by atoms with E-state index in [1.54, 1.807) is 25.2 Å². The molecule has 1 aliphatic rings. The van der Waals surface area contributed by atoms with Crippen LogP contribution in [0.5, 0.6) is 0 Å². The lowest BCUT2D eigenvalue weighted by atomic mass is 9.83. The normalized spacial score (nSPS) is 14.7. The van der Waals surface area contributed by atoms with Crippen LogP contribution >= 0.6 is 0 Å². The van der Waals surface area contributed by atoms with E-state index in [1.165, 1.54) is 0 Å². The van der Waals surface area contributed by atoms with Gasteiger partial charge in [0.25, 0.3) is 11.8 Å². The van der Waals surface area contributed by atoms with Gasteiger partial charge in [0.2, 0.25) is 5.91 Å². The van der Waals surface area contributed by atoms with Crippen LogP contribution in [-0.2, 0) is 11.3 Å². The molecule has 4 aromatic rings. The number of fused-ring (bicyclic) bond motifs is 1. The van der Waals surface area contributed by atoms with Crippen LogP contribution in [0.15, 0.2) is 75.6 Å². The van der Waals surface area contributed by atoms with Crippen molar-refractivity contribution in [3.63, 3.8) is 0 Å². The van der Waals surface area contributed by atoms with Crippen LogP contribution in [0.3, 0.4) is 0 Å². The predicted molar refractivity (Wildman–Crippen MR) is 143 cm³/mol. The van der Waals surface area contributed by atoms with Gasteiger partial charge < -0.3 is 24.8 Å². The fourth-order valence-corrected chi connectivity index (χ4v) is 5.05. The minimum absolute atomic E-state index is 0.119. The third-order valence-electron chi connectivity index (χ3n) is 7.08. The van der Waals surface area contributed by atoms with Crippen LogP contribution in [0.2, 0.25) is 0 Å². The van der Waals surface area contributed by atoms with Crippen molar-refractivity contribution < 1.29 is 23.2 Å². The zero-order valence-corrected chi connectivity index (χ0v) is 21.3. The van der Waals surface area contributed by atoms with Crippen LogP contribution in [0.4, 0.5) is 0 Å². The number of rotatable bonds is 8. The zero-order valence-electron chi connectivity index (χ0n) is 21.3. The summed E-state index contributed by atoms with van der Waals surface area (Å²) in [6, 6.07) is 19.5. The number of amides is 3. The smallest absolute Gasteiger partial charge is 0.287 e. The number of hydrogen-bond acceptors (Lipinski definition) is 5. The molecule has 0 radical (unpaired) electrons. The summed E-state index contributed by atoms with van der Waals surface area (Å²) in [4.78, 5) is 38.1. The minimum atomic E-state index is -0.583. The van der Waals surface area contributed by atoms with E-state index in [-0.39, 0.29) is 29.3 Å². The highest BCUT2D eigenvalue weighted by Gasteiger charge is 2.31. The van der Waals surface area contributed by atoms with Gasteiger partial charge in [-0.2, -0.15) is 0 Å². The molecule has 2 aromatic carbocycles. The van der Waals surface area contributed by atoms with E-state index in [0.717, 1.165) is 48.6 Å². The summed E-state index contributed by atoms with van der Waals surface area (Å²) in [5, 5.41) is 9.31. The molecule has 8 nitrogen and oxygen atoms in total. The van der Waals surface area contributed by atoms with E-state index in [1.807, 2.05) is 48.5 Å². The monoisotopic (exact) mass is 513 g/mol. The van der Waals surface area contributed by atoms with Gasteiger partial charge in [0.1, 0.15) is 17.4 Å². The molecule has 196 valence electrons. The maximum absolute atomic E-state index is 13.0. The Hall–Kier alpha value is -4.33. The first-order valence-electron chi connectivity index (χ1n) is 13.0. The second-order valence-electron chi connectivity index (χ2n) is 9.66. The molecule has 1 saturated carbocycles. The molecule has 1 unspecified atom stereocenters. The molecule has 2 heterocycles. The number of carbonyl (C=O) groups excluding carboxylic acids is 3. The molecule has 38 heavy (non-hydrogen) atoms. The average molecular weight is 514 g/mol. The van der Waals surface area contributed by atoms with Gasteiger partial charge in [0.15, 0.2) is 11.5 Å². The van der Waals surface area contributed by atoms with Gasteiger partial charge in [-0.15, -0.1) is 0 Å². The standard InChI is InChI=1S/C30H31N3O5/c1-31-30(36)27(20-9-3-2-4-10-20)33-29(35)25-15-14-24(37-25)21-12-7-8-19(16-21)18-32-28(34)26-17-22-11-5-6-13-23(22)38-26/h5-8,11-17,20,27H,2-4,9-10,18H2,1H3,(H,31,36)(H,32,34)(H,33,35). The molecular weight excluding hydrogens is 482 g/mol. The summed E-state index contributed by atoms with van der Waals surface area (Å²) in [7, 11) is 1.58. The third kappa shape index (κ3) is 5.64. The zero-order chi connectivity index (χ0) is 26.5. The Kier molecular flexibility index (Phi) is 7.58. The quantitative estimate of drug-likeness (QED) is 0.305. The van der Waals surface area contributed by atoms with Crippen LogP contribution in [0, 0.1) is 5.92 Å². The maximum Gasteiger partial charge on any atom is 0.287 e. The summed E-state index contributed by atoms with van der Waals surface area (Å²) in [6.45, 7) is 0.299. The summed E-state index contributed by atoms with van der Waals surface area (Å²) < 4.78 is 11.5. The number of nitrogens with one attached hydrogen (secondary N) is 3. The van der Waals surface area contributed by atoms with Gasteiger partial charge in [-0.1, -0.05) is 55.7 Å². The first kappa shape index (κ1) is 25.3. The van der Waals surface area contributed by atoms with E-state index in [9.17, 15) is 14.4 Å². The number of likely N-dealkylation sites (N-methyl/N-ethyl adjacent to an activating group) is 1. The molecule has 5 rings (SSSR count). The third-order valence-corrected chi connectivity index (χ3v) is 7.08. The molecule has 3 amide bonds. The number of hydrogen-bond donors (Lipinski definition) is 3. The Morgan fingerprint density at radius 1 is 0.868 bits per heavy atom. The number of furan rings is 2. The van der Waals surface area contributed by atoms with Gasteiger partial charge >= 0.3 is 0 Å². The van der Waals surface area contributed by atoms with Crippen molar-refractivity contribution in [2.24, 2.45) is 5.92 Å². The summed E-state index contributed by atoms with van der Waals surface area (Å²) >= 11 is 0. The van der Waals surface area contributed by atoms with Crippen LogP contribution in [0.1, 0.15) is 58.8 Å². The highest BCUT2D eigenvalue weighted by atomic mass is 16.4. The lowest BCUT2D eigenvalue weighted by molar-refractivity contribution is -0.124. The van der Waals surface area contributed by atoms with Gasteiger partial charge in [0.05, 0.1) is 0 Å². The fraction of sp³-hybridized carbons (Fsp3) is 0.300. The van der Waals surface area contributed by atoms with Crippen molar-refractivity contribution >= 4 is 28.7 Å². The van der Waals surface area contributed by atoms with Gasteiger partial charge in [-0.05, 0) is 54.7 Å². The Labute approximate surface area is 220 Å². The fourth-order valence-electron chi connectivity index (χ4n) is 5.05. The first-order chi connectivity index (χ1) is 18.5. The van der Waals surface area contributed by atoms with Gasteiger partial charge in [-0.25, -0.2) is 0 Å². The summed E-state index contributed by atoms with van der Waals surface area (Å²) in [6.07, 6.45) is 5.12. The highest BCUT2D eigenvalue weighted by molar-refractivity contribution is 5.96. The van der Waals surface area contributed by atoms with Crippen molar-refractivity contribution in [2.45, 2.75) is 44.7 Å². The number of carbonyl (C=O) groups is 3. The molecule has 8 heteroatoms. The average Bonchev–Trinajstić information content (AvgIpc) is 3.63. The molecule has 1 atom stereocenters. The second kappa shape index (κ2) is 11.4. The number of para-hydroxylation sites is 1. The molecule has 0 bridgehead atoms. The first-order valence-corrected chi connectivity index (χ1v) is 13.0. The molecule has 3 N–H and O–H groups in total. The van der Waals surface area contributed by atoms with E-state index in [2.05, 4.69) is 16.0 Å². The minimum Gasteiger partial charge on any atom is -0.451 e. The van der Waals surface area contributed by atoms with Crippen LogP contribution < -0.4 is 16.0 Å². The van der Waals surface area contributed by atoms with E-state index < -0.39 is 11.9 Å².